The van der Waals surface area contributed by atoms with E-state index < -0.39 is 16.1 Å². The van der Waals surface area contributed by atoms with Crippen molar-refractivity contribution in [3.8, 4) is 11.5 Å². The fourth-order valence-corrected chi connectivity index (χ4v) is 5.64. The fourth-order valence-electron chi connectivity index (χ4n) is 3.36. The Kier molecular flexibility index (Phi) is 5.68. The van der Waals surface area contributed by atoms with Crippen LogP contribution >= 0.6 is 11.3 Å². The van der Waals surface area contributed by atoms with Crippen LogP contribution in [0, 0.1) is 6.92 Å². The molecule has 0 saturated carbocycles. The summed E-state index contributed by atoms with van der Waals surface area (Å²) in [7, 11) is -2.32. The van der Waals surface area contributed by atoms with Crippen LogP contribution in [-0.2, 0) is 16.6 Å². The van der Waals surface area contributed by atoms with E-state index in [0.717, 1.165) is 11.1 Å². The van der Waals surface area contributed by atoms with Crippen LogP contribution < -0.4 is 13.8 Å². The number of ether oxygens (including phenoxy) is 2. The van der Waals surface area contributed by atoms with E-state index in [4.69, 9.17) is 9.47 Å². The molecule has 1 N–H and O–H groups in total. The lowest BCUT2D eigenvalue weighted by Crippen LogP contribution is -2.31. The molecule has 158 valence electrons. The number of hydrogen-bond donors (Lipinski definition) is 1. The molecule has 0 spiro atoms. The average Bonchev–Trinajstić information content (AvgIpc) is 3.27. The van der Waals surface area contributed by atoms with Gasteiger partial charge in [-0.05, 0) is 36.2 Å². The normalized spacial score (nSPS) is 15.9. The average molecular weight is 447 g/mol. The smallest absolute Gasteiger partial charge is 0.266 e. The van der Waals surface area contributed by atoms with Gasteiger partial charge in [0.25, 0.3) is 10.0 Å². The molecule has 2 heterocycles. The highest BCUT2D eigenvalue weighted by atomic mass is 32.2. The maximum Gasteiger partial charge on any atom is 0.266 e. The van der Waals surface area contributed by atoms with Gasteiger partial charge in [0.1, 0.15) is 11.5 Å². The van der Waals surface area contributed by atoms with Crippen LogP contribution in [0.5, 0.6) is 11.5 Å². The molecule has 1 atom stereocenters. The number of benzene rings is 2. The third kappa shape index (κ3) is 3.88. The zero-order valence-corrected chi connectivity index (χ0v) is 18.2. The molecule has 0 radical (unpaired) electrons. The summed E-state index contributed by atoms with van der Waals surface area (Å²) in [5.41, 5.74) is 2.37. The maximum absolute atomic E-state index is 13.6. The van der Waals surface area contributed by atoms with Crippen molar-refractivity contribution in [2.75, 3.05) is 18.0 Å². The maximum atomic E-state index is 13.6. The molecule has 0 unspecified atom stereocenters. The lowest BCUT2D eigenvalue weighted by atomic mass is 10.0. The number of methoxy groups -OCH3 is 1. The molecule has 1 aliphatic heterocycles. The van der Waals surface area contributed by atoms with Gasteiger partial charge in [-0.25, -0.2) is 17.7 Å². The predicted octanol–water partition coefficient (Wildman–Crippen LogP) is 3.67. The van der Waals surface area contributed by atoms with E-state index in [1.807, 2.05) is 25.1 Å². The molecule has 0 amide bonds. The molecular formula is C21H22N2O5S2. The molecule has 30 heavy (non-hydrogen) atoms. The first kappa shape index (κ1) is 20.6. The first-order chi connectivity index (χ1) is 14.4. The van der Waals surface area contributed by atoms with Crippen molar-refractivity contribution in [3.05, 3.63) is 64.7 Å². The zero-order valence-electron chi connectivity index (χ0n) is 16.6. The standard InChI is InChI=1S/C21H22N2O5S2/c1-14-11-16(27-2)4-3-15(14)13-23(21-22-8-10-29-21)30(25,26)17-5-6-18-19(24)7-9-28-20(18)12-17/h3-6,8,10-12,19,24H,7,9,13H2,1-2H3/t19-/m1/s1. The summed E-state index contributed by atoms with van der Waals surface area (Å²) in [4.78, 5) is 4.33. The Hall–Kier alpha value is -2.62. The van der Waals surface area contributed by atoms with Crippen LogP contribution in [0.2, 0.25) is 0 Å². The first-order valence-electron chi connectivity index (χ1n) is 9.40. The van der Waals surface area contributed by atoms with Gasteiger partial charge in [-0.3, -0.25) is 0 Å². The fraction of sp³-hybridized carbons (Fsp3) is 0.286. The third-order valence-electron chi connectivity index (χ3n) is 5.08. The first-order valence-corrected chi connectivity index (χ1v) is 11.7. The van der Waals surface area contributed by atoms with Crippen molar-refractivity contribution in [1.29, 1.82) is 0 Å². The van der Waals surface area contributed by atoms with E-state index in [0.29, 0.717) is 35.2 Å². The Morgan fingerprint density at radius 1 is 1.30 bits per heavy atom. The quantitative estimate of drug-likeness (QED) is 0.622. The molecule has 2 aromatic carbocycles. The van der Waals surface area contributed by atoms with Gasteiger partial charge in [0.2, 0.25) is 0 Å². The van der Waals surface area contributed by atoms with Crippen molar-refractivity contribution in [3.63, 3.8) is 0 Å². The predicted molar refractivity (Wildman–Crippen MR) is 115 cm³/mol. The van der Waals surface area contributed by atoms with Crippen LogP contribution in [0.3, 0.4) is 0 Å². The topological polar surface area (TPSA) is 89.0 Å². The van der Waals surface area contributed by atoms with Crippen molar-refractivity contribution in [1.82, 2.24) is 4.98 Å². The van der Waals surface area contributed by atoms with E-state index in [-0.39, 0.29) is 11.4 Å². The molecule has 0 saturated heterocycles. The zero-order chi connectivity index (χ0) is 21.3. The number of thiazole rings is 1. The van der Waals surface area contributed by atoms with Crippen LogP contribution in [0.25, 0.3) is 0 Å². The van der Waals surface area contributed by atoms with Crippen molar-refractivity contribution < 1.29 is 23.0 Å². The van der Waals surface area contributed by atoms with Gasteiger partial charge in [0, 0.05) is 29.6 Å². The van der Waals surface area contributed by atoms with Crippen molar-refractivity contribution in [2.24, 2.45) is 0 Å². The summed E-state index contributed by atoms with van der Waals surface area (Å²) in [6.07, 6.45) is 1.42. The summed E-state index contributed by atoms with van der Waals surface area (Å²) in [6.45, 7) is 2.39. The minimum Gasteiger partial charge on any atom is -0.497 e. The number of aliphatic hydroxyl groups excluding tert-OH is 1. The summed E-state index contributed by atoms with van der Waals surface area (Å²) >= 11 is 1.25. The van der Waals surface area contributed by atoms with Gasteiger partial charge in [-0.2, -0.15) is 0 Å². The largest absolute Gasteiger partial charge is 0.497 e. The van der Waals surface area contributed by atoms with Gasteiger partial charge in [-0.15, -0.1) is 11.3 Å². The molecular weight excluding hydrogens is 424 g/mol. The monoisotopic (exact) mass is 446 g/mol. The second-order valence-electron chi connectivity index (χ2n) is 6.97. The van der Waals surface area contributed by atoms with Gasteiger partial charge in [0.15, 0.2) is 5.13 Å². The molecule has 4 rings (SSSR count). The van der Waals surface area contributed by atoms with E-state index in [9.17, 15) is 13.5 Å². The van der Waals surface area contributed by atoms with E-state index in [1.54, 1.807) is 24.8 Å². The molecule has 1 aromatic heterocycles. The number of nitrogens with zero attached hydrogens (tertiary/aromatic N) is 2. The van der Waals surface area contributed by atoms with Crippen molar-refractivity contribution >= 4 is 26.5 Å². The van der Waals surface area contributed by atoms with Crippen LogP contribution in [0.1, 0.15) is 29.2 Å². The van der Waals surface area contributed by atoms with Gasteiger partial charge < -0.3 is 14.6 Å². The molecule has 9 heteroatoms. The molecule has 3 aromatic rings. The lowest BCUT2D eigenvalue weighted by Gasteiger charge is -2.25. The Morgan fingerprint density at radius 2 is 2.13 bits per heavy atom. The molecule has 0 bridgehead atoms. The van der Waals surface area contributed by atoms with Crippen LogP contribution in [-0.4, -0.2) is 32.2 Å². The van der Waals surface area contributed by atoms with Gasteiger partial charge >= 0.3 is 0 Å². The van der Waals surface area contributed by atoms with Gasteiger partial charge in [0.05, 0.1) is 31.3 Å². The number of aryl methyl sites for hydroxylation is 1. The van der Waals surface area contributed by atoms with Crippen molar-refractivity contribution in [2.45, 2.75) is 30.9 Å². The summed E-state index contributed by atoms with van der Waals surface area (Å²) in [6, 6.07) is 10.1. The molecule has 0 aliphatic carbocycles. The van der Waals surface area contributed by atoms with Crippen LogP contribution in [0.4, 0.5) is 5.13 Å². The van der Waals surface area contributed by atoms with E-state index >= 15 is 0 Å². The minimum atomic E-state index is -3.92. The molecule has 0 fully saturated rings. The highest BCUT2D eigenvalue weighted by molar-refractivity contribution is 7.93. The number of aromatic nitrogens is 1. The number of fused-ring (bicyclic) bond motifs is 1. The second-order valence-corrected chi connectivity index (χ2v) is 9.71. The van der Waals surface area contributed by atoms with E-state index in [2.05, 4.69) is 4.98 Å². The van der Waals surface area contributed by atoms with Gasteiger partial charge in [-0.1, -0.05) is 12.1 Å². The SMILES string of the molecule is COc1ccc(CN(c2nccs2)S(=O)(=O)c2ccc3c(c2)OCC[C@H]3O)c(C)c1. The Morgan fingerprint density at radius 3 is 2.83 bits per heavy atom. The second kappa shape index (κ2) is 8.25. The van der Waals surface area contributed by atoms with E-state index in [1.165, 1.54) is 27.8 Å². The summed E-state index contributed by atoms with van der Waals surface area (Å²) < 4.78 is 39.3. The number of rotatable bonds is 6. The Balaban J connectivity index is 1.74. The summed E-state index contributed by atoms with van der Waals surface area (Å²) in [5.74, 6) is 1.11. The number of sulfonamides is 1. The minimum absolute atomic E-state index is 0.0942. The Bertz CT molecular complexity index is 1150. The Labute approximate surface area is 179 Å². The number of anilines is 1. The lowest BCUT2D eigenvalue weighted by molar-refractivity contribution is 0.115. The molecule has 1 aliphatic rings. The third-order valence-corrected chi connectivity index (χ3v) is 7.72. The highest BCUT2D eigenvalue weighted by Crippen LogP contribution is 2.36. The highest BCUT2D eigenvalue weighted by Gasteiger charge is 2.30. The number of hydrogen-bond acceptors (Lipinski definition) is 7. The molecule has 7 nitrogen and oxygen atoms in total. The summed E-state index contributed by atoms with van der Waals surface area (Å²) in [5, 5.41) is 12.2. The number of aliphatic hydroxyl groups is 1. The van der Waals surface area contributed by atoms with Crippen LogP contribution in [0.15, 0.2) is 52.9 Å².